The lowest BCUT2D eigenvalue weighted by atomic mass is 9.97. The molecule has 1 fully saturated rings. The van der Waals surface area contributed by atoms with E-state index in [1.807, 2.05) is 0 Å². The van der Waals surface area contributed by atoms with Crippen molar-refractivity contribution in [2.75, 3.05) is 25.4 Å². The highest BCUT2D eigenvalue weighted by atomic mass is 19.1. The van der Waals surface area contributed by atoms with Gasteiger partial charge in [0.25, 0.3) is 0 Å². The van der Waals surface area contributed by atoms with Crippen LogP contribution in [0.2, 0.25) is 0 Å². The van der Waals surface area contributed by atoms with Crippen molar-refractivity contribution in [2.45, 2.75) is 19.4 Å². The maximum Gasteiger partial charge on any atom is 0.125 e. The summed E-state index contributed by atoms with van der Waals surface area (Å²) < 4.78 is 12.9. The highest BCUT2D eigenvalue weighted by Crippen LogP contribution is 2.21. The molecule has 4 heteroatoms. The van der Waals surface area contributed by atoms with Crippen LogP contribution in [0.1, 0.15) is 18.4 Å². The number of aliphatic hydroxyl groups excluding tert-OH is 1. The van der Waals surface area contributed by atoms with E-state index in [2.05, 4.69) is 4.90 Å². The fraction of sp³-hybridized carbons (Fsp3) is 0.538. The average molecular weight is 238 g/mol. The minimum atomic E-state index is -0.287. The van der Waals surface area contributed by atoms with Crippen molar-refractivity contribution in [1.82, 2.24) is 4.90 Å². The number of aliphatic hydroxyl groups is 1. The van der Waals surface area contributed by atoms with Gasteiger partial charge in [0.05, 0.1) is 0 Å². The Hall–Kier alpha value is -1.13. The Balaban J connectivity index is 1.93. The van der Waals surface area contributed by atoms with Gasteiger partial charge in [-0.15, -0.1) is 0 Å². The number of hydrogen-bond acceptors (Lipinski definition) is 3. The highest BCUT2D eigenvalue weighted by molar-refractivity contribution is 5.46. The topological polar surface area (TPSA) is 49.5 Å². The van der Waals surface area contributed by atoms with Gasteiger partial charge in [0, 0.05) is 18.8 Å². The molecule has 0 amide bonds. The molecule has 3 nitrogen and oxygen atoms in total. The third-order valence-electron chi connectivity index (χ3n) is 3.47. The van der Waals surface area contributed by atoms with Crippen molar-refractivity contribution in [3.8, 4) is 0 Å². The molecule has 0 bridgehead atoms. The number of nitrogens with zero attached hydrogens (tertiary/aromatic N) is 1. The van der Waals surface area contributed by atoms with Crippen molar-refractivity contribution in [2.24, 2.45) is 5.92 Å². The van der Waals surface area contributed by atoms with Gasteiger partial charge >= 0.3 is 0 Å². The highest BCUT2D eigenvalue weighted by Gasteiger charge is 2.18. The molecule has 0 radical (unpaired) electrons. The van der Waals surface area contributed by atoms with Crippen LogP contribution in [-0.2, 0) is 6.54 Å². The molecule has 0 aliphatic carbocycles. The Labute approximate surface area is 101 Å². The number of anilines is 1. The van der Waals surface area contributed by atoms with Crippen LogP contribution in [0.3, 0.4) is 0 Å². The van der Waals surface area contributed by atoms with Crippen LogP contribution in [0.25, 0.3) is 0 Å². The lowest BCUT2D eigenvalue weighted by Crippen LogP contribution is -2.34. The molecule has 1 saturated heterocycles. The van der Waals surface area contributed by atoms with Gasteiger partial charge in [0.15, 0.2) is 0 Å². The molecule has 17 heavy (non-hydrogen) atoms. The van der Waals surface area contributed by atoms with Crippen molar-refractivity contribution >= 4 is 5.69 Å². The molecule has 0 atom stereocenters. The van der Waals surface area contributed by atoms with Crippen LogP contribution >= 0.6 is 0 Å². The summed E-state index contributed by atoms with van der Waals surface area (Å²) in [5.41, 5.74) is 7.29. The standard InChI is InChI=1S/C13H19FN2O/c14-12-2-1-11(13(15)7-12)8-16-5-3-10(9-17)4-6-16/h1-2,7,10,17H,3-6,8-9,15H2. The first-order valence-electron chi connectivity index (χ1n) is 6.06. The summed E-state index contributed by atoms with van der Waals surface area (Å²) in [5, 5.41) is 9.06. The normalized spacial score (nSPS) is 18.5. The molecule has 94 valence electrons. The van der Waals surface area contributed by atoms with Crippen molar-refractivity contribution < 1.29 is 9.50 Å². The lowest BCUT2D eigenvalue weighted by Gasteiger charge is -2.31. The zero-order valence-electron chi connectivity index (χ0n) is 9.90. The van der Waals surface area contributed by atoms with Gasteiger partial charge < -0.3 is 10.8 Å². The average Bonchev–Trinajstić information content (AvgIpc) is 2.34. The maximum absolute atomic E-state index is 12.9. The van der Waals surface area contributed by atoms with Crippen LogP contribution in [0, 0.1) is 11.7 Å². The van der Waals surface area contributed by atoms with Crippen LogP contribution in [0.15, 0.2) is 18.2 Å². The van der Waals surface area contributed by atoms with E-state index in [1.165, 1.54) is 12.1 Å². The molecular weight excluding hydrogens is 219 g/mol. The molecule has 2 rings (SSSR count). The molecule has 1 aromatic carbocycles. The summed E-state index contributed by atoms with van der Waals surface area (Å²) in [6.45, 7) is 3.00. The Morgan fingerprint density at radius 1 is 1.35 bits per heavy atom. The third kappa shape index (κ3) is 3.17. The van der Waals surface area contributed by atoms with Crippen molar-refractivity contribution in [3.63, 3.8) is 0 Å². The number of benzene rings is 1. The number of likely N-dealkylation sites (tertiary alicyclic amines) is 1. The van der Waals surface area contributed by atoms with E-state index < -0.39 is 0 Å². The number of hydrogen-bond donors (Lipinski definition) is 2. The monoisotopic (exact) mass is 238 g/mol. The smallest absolute Gasteiger partial charge is 0.125 e. The van der Waals surface area contributed by atoms with Gasteiger partial charge in [-0.1, -0.05) is 6.07 Å². The zero-order chi connectivity index (χ0) is 12.3. The zero-order valence-corrected chi connectivity index (χ0v) is 9.90. The van der Waals surface area contributed by atoms with Crippen molar-refractivity contribution in [3.05, 3.63) is 29.6 Å². The van der Waals surface area contributed by atoms with Gasteiger partial charge in [-0.25, -0.2) is 4.39 Å². The van der Waals surface area contributed by atoms with Crippen molar-refractivity contribution in [1.29, 1.82) is 0 Å². The third-order valence-corrected chi connectivity index (χ3v) is 3.47. The molecule has 0 aromatic heterocycles. The van der Waals surface area contributed by atoms with Gasteiger partial charge in [0.2, 0.25) is 0 Å². The predicted molar refractivity (Wildman–Crippen MR) is 65.9 cm³/mol. The quantitative estimate of drug-likeness (QED) is 0.787. The van der Waals surface area contributed by atoms with E-state index in [0.29, 0.717) is 11.6 Å². The summed E-state index contributed by atoms with van der Waals surface area (Å²) in [6.07, 6.45) is 2.05. The maximum atomic E-state index is 12.9. The Morgan fingerprint density at radius 3 is 2.65 bits per heavy atom. The first kappa shape index (κ1) is 12.3. The fourth-order valence-corrected chi connectivity index (χ4v) is 2.28. The van der Waals surface area contributed by atoms with E-state index >= 15 is 0 Å². The summed E-state index contributed by atoms with van der Waals surface area (Å²) >= 11 is 0. The number of piperidine rings is 1. The summed E-state index contributed by atoms with van der Waals surface area (Å²) in [4.78, 5) is 2.30. The number of halogens is 1. The SMILES string of the molecule is Nc1cc(F)ccc1CN1CCC(CO)CC1. The molecule has 1 aliphatic heterocycles. The van der Waals surface area contributed by atoms with Crippen LogP contribution in [0.5, 0.6) is 0 Å². The molecule has 0 unspecified atom stereocenters. The fourth-order valence-electron chi connectivity index (χ4n) is 2.28. The van der Waals surface area contributed by atoms with E-state index in [0.717, 1.165) is 38.0 Å². The van der Waals surface area contributed by atoms with E-state index in [4.69, 9.17) is 10.8 Å². The minimum absolute atomic E-state index is 0.284. The molecule has 0 spiro atoms. The van der Waals surface area contributed by atoms with Crippen LogP contribution in [-0.4, -0.2) is 29.7 Å². The lowest BCUT2D eigenvalue weighted by molar-refractivity contribution is 0.127. The van der Waals surface area contributed by atoms with Gasteiger partial charge in [-0.3, -0.25) is 4.90 Å². The van der Waals surface area contributed by atoms with Crippen LogP contribution < -0.4 is 5.73 Å². The molecule has 1 aromatic rings. The molecule has 1 heterocycles. The Kier molecular flexibility index (Phi) is 3.97. The second-order valence-corrected chi connectivity index (χ2v) is 4.75. The first-order valence-corrected chi connectivity index (χ1v) is 6.06. The van der Waals surface area contributed by atoms with Gasteiger partial charge in [0.1, 0.15) is 5.82 Å². The summed E-state index contributed by atoms with van der Waals surface area (Å²) in [7, 11) is 0. The molecule has 1 aliphatic rings. The molecule has 0 saturated carbocycles. The Morgan fingerprint density at radius 2 is 2.06 bits per heavy atom. The number of nitrogens with two attached hydrogens (primary N) is 1. The summed E-state index contributed by atoms with van der Waals surface area (Å²) in [6, 6.07) is 4.57. The predicted octanol–water partition coefficient (Wildman–Crippen LogP) is 1.61. The first-order chi connectivity index (χ1) is 8.19. The number of rotatable bonds is 3. The van der Waals surface area contributed by atoms with E-state index in [-0.39, 0.29) is 12.4 Å². The van der Waals surface area contributed by atoms with Gasteiger partial charge in [-0.2, -0.15) is 0 Å². The molecule has 3 N–H and O–H groups in total. The largest absolute Gasteiger partial charge is 0.398 e. The summed E-state index contributed by atoms with van der Waals surface area (Å²) in [5.74, 6) is 0.155. The Bertz CT molecular complexity index is 376. The van der Waals surface area contributed by atoms with E-state index in [9.17, 15) is 4.39 Å². The van der Waals surface area contributed by atoms with Crippen LogP contribution in [0.4, 0.5) is 10.1 Å². The van der Waals surface area contributed by atoms with Gasteiger partial charge in [-0.05, 0) is 49.5 Å². The van der Waals surface area contributed by atoms with E-state index in [1.54, 1.807) is 6.07 Å². The minimum Gasteiger partial charge on any atom is -0.398 e. The second kappa shape index (κ2) is 5.47. The molecular formula is C13H19FN2O. The number of nitrogen functional groups attached to an aromatic ring is 1. The second-order valence-electron chi connectivity index (χ2n) is 4.75.